The lowest BCUT2D eigenvalue weighted by Gasteiger charge is -2.07. The Hall–Kier alpha value is -1.72. The van der Waals surface area contributed by atoms with Crippen LogP contribution < -0.4 is 10.6 Å². The standard InChI is InChI=1S/C14H15N3OS/c18-13(9-16-11-4-5-11)17-12-3-1-2-10(8-12)14-15-6-7-19-14/h1-3,6-8,11,16H,4-5,9H2,(H,17,18). The predicted molar refractivity (Wildman–Crippen MR) is 77.2 cm³/mol. The first kappa shape index (κ1) is 12.3. The maximum absolute atomic E-state index is 11.8. The Bertz CT molecular complexity index is 564. The van der Waals surface area contributed by atoms with Gasteiger partial charge in [-0.15, -0.1) is 11.3 Å². The molecule has 1 aromatic carbocycles. The molecule has 2 N–H and O–H groups in total. The maximum atomic E-state index is 11.8. The van der Waals surface area contributed by atoms with E-state index in [0.29, 0.717) is 12.6 Å². The van der Waals surface area contributed by atoms with Crippen molar-refractivity contribution >= 4 is 22.9 Å². The van der Waals surface area contributed by atoms with Crippen molar-refractivity contribution in [3.05, 3.63) is 35.8 Å². The van der Waals surface area contributed by atoms with Gasteiger partial charge < -0.3 is 10.6 Å². The number of hydrogen-bond acceptors (Lipinski definition) is 4. The molecule has 19 heavy (non-hydrogen) atoms. The Labute approximate surface area is 115 Å². The second-order valence-electron chi connectivity index (χ2n) is 4.62. The first-order valence-corrected chi connectivity index (χ1v) is 7.22. The number of thiazole rings is 1. The Morgan fingerprint density at radius 2 is 2.32 bits per heavy atom. The van der Waals surface area contributed by atoms with Crippen molar-refractivity contribution in [2.75, 3.05) is 11.9 Å². The van der Waals surface area contributed by atoms with Gasteiger partial charge in [-0.1, -0.05) is 12.1 Å². The molecule has 1 aliphatic rings. The fourth-order valence-corrected chi connectivity index (χ4v) is 2.46. The van der Waals surface area contributed by atoms with E-state index in [0.717, 1.165) is 16.3 Å². The summed E-state index contributed by atoms with van der Waals surface area (Å²) in [5.74, 6) is 0.00295. The van der Waals surface area contributed by atoms with Crippen LogP contribution in [0.4, 0.5) is 5.69 Å². The highest BCUT2D eigenvalue weighted by Crippen LogP contribution is 2.24. The van der Waals surface area contributed by atoms with Crippen molar-refractivity contribution in [1.82, 2.24) is 10.3 Å². The van der Waals surface area contributed by atoms with Gasteiger partial charge in [0.05, 0.1) is 6.54 Å². The van der Waals surface area contributed by atoms with Crippen LogP contribution >= 0.6 is 11.3 Å². The minimum absolute atomic E-state index is 0.00295. The first-order valence-electron chi connectivity index (χ1n) is 6.34. The molecule has 1 heterocycles. The molecule has 1 aromatic heterocycles. The van der Waals surface area contributed by atoms with Crippen LogP contribution in [0.3, 0.4) is 0 Å². The number of hydrogen-bond donors (Lipinski definition) is 2. The Kier molecular flexibility index (Phi) is 3.57. The Morgan fingerprint density at radius 3 is 3.05 bits per heavy atom. The van der Waals surface area contributed by atoms with Crippen LogP contribution in [0, 0.1) is 0 Å². The zero-order valence-corrected chi connectivity index (χ0v) is 11.2. The van der Waals surface area contributed by atoms with Crippen LogP contribution in [0.25, 0.3) is 10.6 Å². The van der Waals surface area contributed by atoms with Gasteiger partial charge in [0.15, 0.2) is 0 Å². The summed E-state index contributed by atoms with van der Waals surface area (Å²) in [6, 6.07) is 8.32. The van der Waals surface area contributed by atoms with E-state index >= 15 is 0 Å². The molecule has 1 saturated carbocycles. The van der Waals surface area contributed by atoms with Crippen LogP contribution in [-0.4, -0.2) is 23.5 Å². The summed E-state index contributed by atoms with van der Waals surface area (Å²) in [5.41, 5.74) is 1.85. The van der Waals surface area contributed by atoms with Crippen LogP contribution in [0.2, 0.25) is 0 Å². The number of amides is 1. The van der Waals surface area contributed by atoms with E-state index in [1.54, 1.807) is 17.5 Å². The second kappa shape index (κ2) is 5.50. The molecule has 98 valence electrons. The van der Waals surface area contributed by atoms with Crippen molar-refractivity contribution in [1.29, 1.82) is 0 Å². The highest BCUT2D eigenvalue weighted by molar-refractivity contribution is 7.13. The van der Waals surface area contributed by atoms with Crippen molar-refractivity contribution in [3.63, 3.8) is 0 Å². The first-order chi connectivity index (χ1) is 9.31. The molecule has 0 spiro atoms. The third kappa shape index (κ3) is 3.39. The number of carbonyl (C=O) groups is 1. The van der Waals surface area contributed by atoms with E-state index in [-0.39, 0.29) is 5.91 Å². The highest BCUT2D eigenvalue weighted by Gasteiger charge is 2.21. The molecule has 0 atom stereocenters. The average molecular weight is 273 g/mol. The van der Waals surface area contributed by atoms with Gasteiger partial charge in [0.1, 0.15) is 5.01 Å². The number of aromatic nitrogens is 1. The molecule has 2 aromatic rings. The third-order valence-electron chi connectivity index (χ3n) is 2.95. The van der Waals surface area contributed by atoms with E-state index in [2.05, 4.69) is 15.6 Å². The zero-order chi connectivity index (χ0) is 13.1. The molecule has 3 rings (SSSR count). The second-order valence-corrected chi connectivity index (χ2v) is 5.52. The smallest absolute Gasteiger partial charge is 0.238 e. The summed E-state index contributed by atoms with van der Waals surface area (Å²) < 4.78 is 0. The van der Waals surface area contributed by atoms with Crippen molar-refractivity contribution in [2.24, 2.45) is 0 Å². The third-order valence-corrected chi connectivity index (χ3v) is 3.78. The van der Waals surface area contributed by atoms with Crippen LogP contribution in [0.15, 0.2) is 35.8 Å². The molecule has 1 fully saturated rings. The lowest BCUT2D eigenvalue weighted by atomic mass is 10.2. The number of nitrogens with zero attached hydrogens (tertiary/aromatic N) is 1. The lowest BCUT2D eigenvalue weighted by Crippen LogP contribution is -2.29. The van der Waals surface area contributed by atoms with E-state index < -0.39 is 0 Å². The van der Waals surface area contributed by atoms with Crippen LogP contribution in [-0.2, 0) is 4.79 Å². The van der Waals surface area contributed by atoms with E-state index in [9.17, 15) is 4.79 Å². The van der Waals surface area contributed by atoms with Gasteiger partial charge in [-0.05, 0) is 25.0 Å². The van der Waals surface area contributed by atoms with Crippen molar-refractivity contribution in [3.8, 4) is 10.6 Å². The molecular formula is C14H15N3OS. The number of carbonyl (C=O) groups excluding carboxylic acids is 1. The number of rotatable bonds is 5. The highest BCUT2D eigenvalue weighted by atomic mass is 32.1. The van der Waals surface area contributed by atoms with E-state index in [4.69, 9.17) is 0 Å². The van der Waals surface area contributed by atoms with Crippen LogP contribution in [0.5, 0.6) is 0 Å². The lowest BCUT2D eigenvalue weighted by molar-refractivity contribution is -0.115. The van der Waals surface area contributed by atoms with Crippen molar-refractivity contribution in [2.45, 2.75) is 18.9 Å². The van der Waals surface area contributed by atoms with Crippen molar-refractivity contribution < 1.29 is 4.79 Å². The summed E-state index contributed by atoms with van der Waals surface area (Å²) in [6.07, 6.45) is 4.16. The monoisotopic (exact) mass is 273 g/mol. The normalized spacial score (nSPS) is 14.3. The van der Waals surface area contributed by atoms with E-state index in [1.807, 2.05) is 29.6 Å². The fourth-order valence-electron chi connectivity index (χ4n) is 1.83. The summed E-state index contributed by atoms with van der Waals surface area (Å²) in [7, 11) is 0. The minimum atomic E-state index is 0.00295. The maximum Gasteiger partial charge on any atom is 0.238 e. The number of anilines is 1. The number of benzene rings is 1. The van der Waals surface area contributed by atoms with Gasteiger partial charge in [0, 0.05) is 28.9 Å². The molecule has 0 radical (unpaired) electrons. The Morgan fingerprint density at radius 1 is 1.42 bits per heavy atom. The predicted octanol–water partition coefficient (Wildman–Crippen LogP) is 2.50. The molecule has 1 aliphatic carbocycles. The summed E-state index contributed by atoms with van der Waals surface area (Å²) in [5, 5.41) is 9.01. The van der Waals surface area contributed by atoms with E-state index in [1.165, 1.54) is 12.8 Å². The van der Waals surface area contributed by atoms with Gasteiger partial charge in [-0.3, -0.25) is 4.79 Å². The molecule has 1 amide bonds. The summed E-state index contributed by atoms with van der Waals surface area (Å²) in [6.45, 7) is 0.381. The topological polar surface area (TPSA) is 54.0 Å². The zero-order valence-electron chi connectivity index (χ0n) is 10.4. The SMILES string of the molecule is O=C(CNC1CC1)Nc1cccc(-c2nccs2)c1. The molecule has 0 aliphatic heterocycles. The van der Waals surface area contributed by atoms with Gasteiger partial charge in [-0.25, -0.2) is 4.98 Å². The van der Waals surface area contributed by atoms with Gasteiger partial charge >= 0.3 is 0 Å². The quantitative estimate of drug-likeness (QED) is 0.880. The summed E-state index contributed by atoms with van der Waals surface area (Å²) >= 11 is 1.59. The van der Waals surface area contributed by atoms with Gasteiger partial charge in [0.2, 0.25) is 5.91 Å². The largest absolute Gasteiger partial charge is 0.325 e. The minimum Gasteiger partial charge on any atom is -0.325 e. The Balaban J connectivity index is 1.63. The molecule has 4 nitrogen and oxygen atoms in total. The molecular weight excluding hydrogens is 258 g/mol. The van der Waals surface area contributed by atoms with Crippen LogP contribution in [0.1, 0.15) is 12.8 Å². The fraction of sp³-hybridized carbons (Fsp3) is 0.286. The molecule has 0 bridgehead atoms. The van der Waals surface area contributed by atoms with Gasteiger partial charge in [-0.2, -0.15) is 0 Å². The van der Waals surface area contributed by atoms with Gasteiger partial charge in [0.25, 0.3) is 0 Å². The summed E-state index contributed by atoms with van der Waals surface area (Å²) in [4.78, 5) is 16.0. The molecule has 0 saturated heterocycles. The number of nitrogens with one attached hydrogen (secondary N) is 2. The molecule has 5 heteroatoms. The molecule has 0 unspecified atom stereocenters. The average Bonchev–Trinajstić information content (AvgIpc) is 3.09.